The number of benzene rings is 1. The minimum Gasteiger partial charge on any atom is -0.493 e. The summed E-state index contributed by atoms with van der Waals surface area (Å²) in [6.45, 7) is 0. The molecule has 0 amide bonds. The molecule has 16 heavy (non-hydrogen) atoms. The van der Waals surface area contributed by atoms with Gasteiger partial charge in [0, 0.05) is 5.56 Å². The van der Waals surface area contributed by atoms with Crippen LogP contribution in [-0.2, 0) is 0 Å². The lowest BCUT2D eigenvalue weighted by Gasteiger charge is -2.15. The molecule has 5 nitrogen and oxygen atoms in total. The van der Waals surface area contributed by atoms with Crippen LogP contribution in [0.2, 0.25) is 0 Å². The second-order valence-corrected chi connectivity index (χ2v) is 2.96. The Morgan fingerprint density at radius 3 is 2.19 bits per heavy atom. The molecular formula is C11H13NO4. The normalized spacial score (nSPS) is 11.4. The molecule has 0 fully saturated rings. The summed E-state index contributed by atoms with van der Waals surface area (Å²) >= 11 is 0. The first kappa shape index (κ1) is 12.1. The number of nitriles is 1. The van der Waals surface area contributed by atoms with Gasteiger partial charge in [-0.2, -0.15) is 5.26 Å². The zero-order valence-corrected chi connectivity index (χ0v) is 9.35. The largest absolute Gasteiger partial charge is 0.493 e. The highest BCUT2D eigenvalue weighted by molar-refractivity contribution is 5.57. The van der Waals surface area contributed by atoms with Crippen LogP contribution in [0.3, 0.4) is 0 Å². The third-order valence-corrected chi connectivity index (χ3v) is 2.15. The van der Waals surface area contributed by atoms with Crippen LogP contribution in [0.1, 0.15) is 11.7 Å². The van der Waals surface area contributed by atoms with Gasteiger partial charge in [0.15, 0.2) is 17.6 Å². The average molecular weight is 223 g/mol. The van der Waals surface area contributed by atoms with Crippen LogP contribution >= 0.6 is 0 Å². The lowest BCUT2D eigenvalue weighted by molar-refractivity contribution is 0.227. The van der Waals surface area contributed by atoms with Gasteiger partial charge in [-0.25, -0.2) is 0 Å². The molecule has 1 rings (SSSR count). The molecule has 5 heteroatoms. The highest BCUT2D eigenvalue weighted by atomic mass is 16.5. The summed E-state index contributed by atoms with van der Waals surface area (Å²) in [6, 6.07) is 4.90. The summed E-state index contributed by atoms with van der Waals surface area (Å²) < 4.78 is 15.3. The highest BCUT2D eigenvalue weighted by Crippen LogP contribution is 2.41. The maximum atomic E-state index is 9.49. The summed E-state index contributed by atoms with van der Waals surface area (Å²) in [7, 11) is 4.39. The Kier molecular flexibility index (Phi) is 3.97. The zero-order chi connectivity index (χ0) is 12.1. The van der Waals surface area contributed by atoms with Gasteiger partial charge in [0.05, 0.1) is 27.4 Å². The van der Waals surface area contributed by atoms with Gasteiger partial charge in [-0.1, -0.05) is 0 Å². The van der Waals surface area contributed by atoms with E-state index >= 15 is 0 Å². The number of rotatable bonds is 4. The van der Waals surface area contributed by atoms with Crippen molar-refractivity contribution in [3.05, 3.63) is 17.7 Å². The Labute approximate surface area is 93.8 Å². The van der Waals surface area contributed by atoms with E-state index in [-0.39, 0.29) is 0 Å². The second kappa shape index (κ2) is 5.24. The molecule has 1 N–H and O–H groups in total. The smallest absolute Gasteiger partial charge is 0.203 e. The molecule has 1 aromatic carbocycles. The summed E-state index contributed by atoms with van der Waals surface area (Å²) in [4.78, 5) is 0. The number of methoxy groups -OCH3 is 3. The van der Waals surface area contributed by atoms with Crippen LogP contribution in [0.4, 0.5) is 0 Å². The van der Waals surface area contributed by atoms with Crippen LogP contribution in [0, 0.1) is 11.3 Å². The summed E-state index contributed by atoms with van der Waals surface area (Å²) in [5.41, 5.74) is 0.350. The van der Waals surface area contributed by atoms with Crippen molar-refractivity contribution in [2.45, 2.75) is 6.10 Å². The topological polar surface area (TPSA) is 71.7 Å². The predicted molar refractivity (Wildman–Crippen MR) is 56.7 cm³/mol. The third kappa shape index (κ3) is 2.02. The summed E-state index contributed by atoms with van der Waals surface area (Å²) in [5, 5.41) is 18.2. The van der Waals surface area contributed by atoms with Gasteiger partial charge in [0.1, 0.15) is 0 Å². The highest BCUT2D eigenvalue weighted by Gasteiger charge is 2.20. The first-order valence-electron chi connectivity index (χ1n) is 4.56. The summed E-state index contributed by atoms with van der Waals surface area (Å²) in [6.07, 6.45) is -1.25. The number of aliphatic hydroxyl groups is 1. The zero-order valence-electron chi connectivity index (χ0n) is 9.35. The first-order chi connectivity index (χ1) is 7.69. The molecule has 0 bridgehead atoms. The van der Waals surface area contributed by atoms with E-state index in [1.165, 1.54) is 21.3 Å². The van der Waals surface area contributed by atoms with E-state index in [0.717, 1.165) is 0 Å². The molecule has 0 aliphatic rings. The molecule has 0 radical (unpaired) electrons. The van der Waals surface area contributed by atoms with Gasteiger partial charge in [-0.15, -0.1) is 0 Å². The maximum absolute atomic E-state index is 9.49. The van der Waals surface area contributed by atoms with E-state index in [4.69, 9.17) is 19.5 Å². The van der Waals surface area contributed by atoms with Crippen molar-refractivity contribution >= 4 is 0 Å². The van der Waals surface area contributed by atoms with Gasteiger partial charge in [-0.05, 0) is 12.1 Å². The minimum absolute atomic E-state index is 0.302. The van der Waals surface area contributed by atoms with E-state index in [2.05, 4.69) is 0 Å². The fraction of sp³-hybridized carbons (Fsp3) is 0.364. The Bertz CT molecular complexity index is 411. The van der Waals surface area contributed by atoms with Crippen LogP contribution in [0.25, 0.3) is 0 Å². The fourth-order valence-corrected chi connectivity index (χ4v) is 1.41. The van der Waals surface area contributed by atoms with Crippen LogP contribution < -0.4 is 14.2 Å². The first-order valence-corrected chi connectivity index (χ1v) is 4.56. The average Bonchev–Trinajstić information content (AvgIpc) is 2.35. The van der Waals surface area contributed by atoms with Crippen molar-refractivity contribution < 1.29 is 19.3 Å². The lowest BCUT2D eigenvalue weighted by Crippen LogP contribution is -2.02. The number of nitrogens with zero attached hydrogens (tertiary/aromatic N) is 1. The Morgan fingerprint density at radius 2 is 1.75 bits per heavy atom. The molecule has 0 aliphatic carbocycles. The molecule has 0 spiro atoms. The standard InChI is InChI=1S/C11H13NO4/c1-14-9-5-4-7(8(13)6-12)10(15-2)11(9)16-3/h4-5,8,13H,1-3H3. The number of aliphatic hydroxyl groups excluding tert-OH is 1. The van der Waals surface area contributed by atoms with Crippen molar-refractivity contribution in [3.8, 4) is 23.3 Å². The number of hydrogen-bond acceptors (Lipinski definition) is 5. The molecule has 1 unspecified atom stereocenters. The molecule has 0 heterocycles. The Hall–Kier alpha value is -1.93. The molecule has 0 saturated heterocycles. The quantitative estimate of drug-likeness (QED) is 0.778. The molecular weight excluding hydrogens is 210 g/mol. The van der Waals surface area contributed by atoms with Crippen molar-refractivity contribution in [1.29, 1.82) is 5.26 Å². The van der Waals surface area contributed by atoms with Crippen molar-refractivity contribution in [2.75, 3.05) is 21.3 Å². The Balaban J connectivity index is 3.38. The third-order valence-electron chi connectivity index (χ3n) is 2.15. The molecule has 0 saturated carbocycles. The van der Waals surface area contributed by atoms with Gasteiger partial charge in [0.25, 0.3) is 0 Å². The van der Waals surface area contributed by atoms with Gasteiger partial charge < -0.3 is 19.3 Å². The van der Waals surface area contributed by atoms with Crippen LogP contribution in [0.15, 0.2) is 12.1 Å². The maximum Gasteiger partial charge on any atom is 0.203 e. The second-order valence-electron chi connectivity index (χ2n) is 2.96. The van der Waals surface area contributed by atoms with Gasteiger partial charge >= 0.3 is 0 Å². The lowest BCUT2D eigenvalue weighted by atomic mass is 10.1. The molecule has 0 aliphatic heterocycles. The summed E-state index contributed by atoms with van der Waals surface area (Å²) in [5.74, 6) is 1.14. The Morgan fingerprint density at radius 1 is 1.12 bits per heavy atom. The number of ether oxygens (including phenoxy) is 3. The van der Waals surface area contributed by atoms with Crippen molar-refractivity contribution in [3.63, 3.8) is 0 Å². The predicted octanol–water partition coefficient (Wildman–Crippen LogP) is 1.27. The van der Waals surface area contributed by atoms with E-state index < -0.39 is 6.10 Å². The number of hydrogen-bond donors (Lipinski definition) is 1. The van der Waals surface area contributed by atoms with Gasteiger partial charge in [-0.3, -0.25) is 0 Å². The van der Waals surface area contributed by atoms with E-state index in [0.29, 0.717) is 22.8 Å². The molecule has 1 aromatic rings. The fourth-order valence-electron chi connectivity index (χ4n) is 1.41. The van der Waals surface area contributed by atoms with Crippen molar-refractivity contribution in [1.82, 2.24) is 0 Å². The van der Waals surface area contributed by atoms with E-state index in [9.17, 15) is 5.11 Å². The van der Waals surface area contributed by atoms with E-state index in [1.807, 2.05) is 0 Å². The monoisotopic (exact) mass is 223 g/mol. The SMILES string of the molecule is COc1ccc(C(O)C#N)c(OC)c1OC. The molecule has 1 atom stereocenters. The van der Waals surface area contributed by atoms with Gasteiger partial charge in [0.2, 0.25) is 5.75 Å². The van der Waals surface area contributed by atoms with Crippen LogP contribution in [-0.4, -0.2) is 26.4 Å². The molecule has 0 aromatic heterocycles. The van der Waals surface area contributed by atoms with E-state index in [1.54, 1.807) is 18.2 Å². The van der Waals surface area contributed by atoms with Crippen molar-refractivity contribution in [2.24, 2.45) is 0 Å². The molecule has 86 valence electrons. The van der Waals surface area contributed by atoms with Crippen LogP contribution in [0.5, 0.6) is 17.2 Å². The minimum atomic E-state index is -1.25.